The van der Waals surface area contributed by atoms with Crippen LogP contribution in [0.25, 0.3) is 0 Å². The van der Waals surface area contributed by atoms with Crippen LogP contribution >= 0.6 is 0 Å². The van der Waals surface area contributed by atoms with Gasteiger partial charge >= 0.3 is 0 Å². The molecule has 0 bridgehead atoms. The Bertz CT molecular complexity index is 567. The van der Waals surface area contributed by atoms with Gasteiger partial charge in [-0.3, -0.25) is 9.58 Å². The predicted octanol–water partition coefficient (Wildman–Crippen LogP) is 1.32. The molecule has 2 rings (SSSR count). The fourth-order valence-electron chi connectivity index (χ4n) is 1.82. The first kappa shape index (κ1) is 12.3. The van der Waals surface area contributed by atoms with Crippen LogP contribution in [0.3, 0.4) is 0 Å². The zero-order valence-electron chi connectivity index (χ0n) is 10.5. The van der Waals surface area contributed by atoms with E-state index in [2.05, 4.69) is 21.1 Å². The molecule has 0 radical (unpaired) electrons. The summed E-state index contributed by atoms with van der Waals surface area (Å²) in [5.74, 6) is 0.909. The average Bonchev–Trinajstić information content (AvgIpc) is 2.75. The SMILES string of the molecule is CN(Cc1ccccc1C#N)Cc1ncnn1C. The summed E-state index contributed by atoms with van der Waals surface area (Å²) in [5.41, 5.74) is 1.76. The molecular formula is C13H15N5. The zero-order valence-corrected chi connectivity index (χ0v) is 10.5. The summed E-state index contributed by atoms with van der Waals surface area (Å²) in [5, 5.41) is 13.1. The summed E-state index contributed by atoms with van der Waals surface area (Å²) in [4.78, 5) is 6.30. The number of aromatic nitrogens is 3. The molecule has 0 spiro atoms. The van der Waals surface area contributed by atoms with Crippen molar-refractivity contribution in [2.75, 3.05) is 7.05 Å². The van der Waals surface area contributed by atoms with Gasteiger partial charge in [-0.1, -0.05) is 18.2 Å². The average molecular weight is 241 g/mol. The van der Waals surface area contributed by atoms with Gasteiger partial charge in [-0.25, -0.2) is 4.98 Å². The van der Waals surface area contributed by atoms with Crippen LogP contribution in [0.5, 0.6) is 0 Å². The van der Waals surface area contributed by atoms with Crippen molar-refractivity contribution in [2.24, 2.45) is 7.05 Å². The molecule has 5 nitrogen and oxygen atoms in total. The van der Waals surface area contributed by atoms with E-state index in [1.165, 1.54) is 0 Å². The Labute approximate surface area is 106 Å². The van der Waals surface area contributed by atoms with Crippen molar-refractivity contribution in [1.82, 2.24) is 19.7 Å². The van der Waals surface area contributed by atoms with Crippen LogP contribution in [0.2, 0.25) is 0 Å². The molecule has 2 aromatic rings. The molecule has 5 heteroatoms. The summed E-state index contributed by atoms with van der Waals surface area (Å²) in [6.45, 7) is 1.42. The van der Waals surface area contributed by atoms with E-state index in [4.69, 9.17) is 5.26 Å². The molecule has 0 saturated carbocycles. The lowest BCUT2D eigenvalue weighted by molar-refractivity contribution is 0.305. The minimum absolute atomic E-state index is 0.705. The third-order valence-corrected chi connectivity index (χ3v) is 2.79. The minimum atomic E-state index is 0.705. The molecule has 0 aliphatic heterocycles. The maximum absolute atomic E-state index is 9.04. The molecule has 92 valence electrons. The predicted molar refractivity (Wildman–Crippen MR) is 67.3 cm³/mol. The van der Waals surface area contributed by atoms with Gasteiger partial charge in [0, 0.05) is 13.6 Å². The van der Waals surface area contributed by atoms with Gasteiger partial charge < -0.3 is 0 Å². The number of nitriles is 1. The lowest BCUT2D eigenvalue weighted by Gasteiger charge is -2.16. The van der Waals surface area contributed by atoms with Gasteiger partial charge in [0.05, 0.1) is 18.2 Å². The molecule has 1 heterocycles. The maximum atomic E-state index is 9.04. The Kier molecular flexibility index (Phi) is 3.70. The lowest BCUT2D eigenvalue weighted by atomic mass is 10.1. The second-order valence-corrected chi connectivity index (χ2v) is 4.24. The Morgan fingerprint density at radius 1 is 1.33 bits per heavy atom. The van der Waals surface area contributed by atoms with Crippen LogP contribution in [0.1, 0.15) is 17.0 Å². The molecule has 0 saturated heterocycles. The molecule has 0 atom stereocenters. The fraction of sp³-hybridized carbons (Fsp3) is 0.308. The second kappa shape index (κ2) is 5.43. The van der Waals surface area contributed by atoms with Crippen molar-refractivity contribution in [1.29, 1.82) is 5.26 Å². The normalized spacial score (nSPS) is 10.6. The smallest absolute Gasteiger partial charge is 0.140 e. The van der Waals surface area contributed by atoms with Crippen LogP contribution in [0.15, 0.2) is 30.6 Å². The standard InChI is InChI=1S/C13H15N5/c1-17(9-13-15-10-16-18(13)2)8-12-6-4-3-5-11(12)7-14/h3-6,10H,8-9H2,1-2H3. The molecule has 1 aromatic carbocycles. The van der Waals surface area contributed by atoms with Crippen LogP contribution in [0, 0.1) is 11.3 Å². The van der Waals surface area contributed by atoms with Gasteiger partial charge in [-0.15, -0.1) is 0 Å². The number of nitrogens with zero attached hydrogens (tertiary/aromatic N) is 5. The van der Waals surface area contributed by atoms with E-state index in [9.17, 15) is 0 Å². The molecule has 0 unspecified atom stereocenters. The van der Waals surface area contributed by atoms with Crippen molar-refractivity contribution in [3.63, 3.8) is 0 Å². The number of rotatable bonds is 4. The zero-order chi connectivity index (χ0) is 13.0. The first-order valence-corrected chi connectivity index (χ1v) is 5.70. The topological polar surface area (TPSA) is 57.7 Å². The summed E-state index contributed by atoms with van der Waals surface area (Å²) in [6, 6.07) is 9.86. The van der Waals surface area contributed by atoms with Gasteiger partial charge in [0.2, 0.25) is 0 Å². The monoisotopic (exact) mass is 241 g/mol. The number of hydrogen-bond donors (Lipinski definition) is 0. The number of benzene rings is 1. The Morgan fingerprint density at radius 3 is 2.78 bits per heavy atom. The van der Waals surface area contributed by atoms with Crippen molar-refractivity contribution >= 4 is 0 Å². The number of hydrogen-bond acceptors (Lipinski definition) is 4. The maximum Gasteiger partial charge on any atom is 0.140 e. The summed E-state index contributed by atoms with van der Waals surface area (Å²) in [7, 11) is 3.88. The van der Waals surface area contributed by atoms with Crippen LogP contribution in [-0.2, 0) is 20.1 Å². The molecule has 0 amide bonds. The number of aryl methyl sites for hydroxylation is 1. The summed E-state index contributed by atoms with van der Waals surface area (Å²) < 4.78 is 1.76. The minimum Gasteiger partial charge on any atom is -0.295 e. The molecule has 0 N–H and O–H groups in total. The van der Waals surface area contributed by atoms with Crippen molar-refractivity contribution in [2.45, 2.75) is 13.1 Å². The molecular weight excluding hydrogens is 226 g/mol. The second-order valence-electron chi connectivity index (χ2n) is 4.24. The van der Waals surface area contributed by atoms with Gasteiger partial charge in [0.25, 0.3) is 0 Å². The Balaban J connectivity index is 2.06. The summed E-state index contributed by atoms with van der Waals surface area (Å²) >= 11 is 0. The third kappa shape index (κ3) is 2.73. The van der Waals surface area contributed by atoms with Crippen LogP contribution in [0.4, 0.5) is 0 Å². The molecule has 0 fully saturated rings. The fourth-order valence-corrected chi connectivity index (χ4v) is 1.82. The highest BCUT2D eigenvalue weighted by molar-refractivity contribution is 5.37. The molecule has 1 aromatic heterocycles. The Morgan fingerprint density at radius 2 is 2.11 bits per heavy atom. The van der Waals surface area contributed by atoms with E-state index in [0.29, 0.717) is 6.54 Å². The molecule has 0 aliphatic rings. The highest BCUT2D eigenvalue weighted by Crippen LogP contribution is 2.11. The van der Waals surface area contributed by atoms with E-state index in [1.807, 2.05) is 38.4 Å². The first-order chi connectivity index (χ1) is 8.70. The summed E-state index contributed by atoms with van der Waals surface area (Å²) in [6.07, 6.45) is 1.55. The largest absolute Gasteiger partial charge is 0.295 e. The highest BCUT2D eigenvalue weighted by atomic mass is 15.3. The van der Waals surface area contributed by atoms with Gasteiger partial charge in [0.15, 0.2) is 0 Å². The van der Waals surface area contributed by atoms with Gasteiger partial charge in [-0.05, 0) is 18.7 Å². The van der Waals surface area contributed by atoms with E-state index in [1.54, 1.807) is 11.0 Å². The van der Waals surface area contributed by atoms with E-state index >= 15 is 0 Å². The third-order valence-electron chi connectivity index (χ3n) is 2.79. The van der Waals surface area contributed by atoms with E-state index in [0.717, 1.165) is 23.5 Å². The van der Waals surface area contributed by atoms with E-state index < -0.39 is 0 Å². The Hall–Kier alpha value is -2.19. The van der Waals surface area contributed by atoms with E-state index in [-0.39, 0.29) is 0 Å². The lowest BCUT2D eigenvalue weighted by Crippen LogP contribution is -2.20. The van der Waals surface area contributed by atoms with Crippen molar-refractivity contribution in [3.05, 3.63) is 47.5 Å². The first-order valence-electron chi connectivity index (χ1n) is 5.70. The molecule has 0 aliphatic carbocycles. The highest BCUT2D eigenvalue weighted by Gasteiger charge is 2.08. The van der Waals surface area contributed by atoms with Gasteiger partial charge in [0.1, 0.15) is 12.2 Å². The van der Waals surface area contributed by atoms with Crippen molar-refractivity contribution < 1.29 is 0 Å². The molecule has 18 heavy (non-hydrogen) atoms. The quantitative estimate of drug-likeness (QED) is 0.810. The van der Waals surface area contributed by atoms with Crippen molar-refractivity contribution in [3.8, 4) is 6.07 Å². The van der Waals surface area contributed by atoms with Gasteiger partial charge in [-0.2, -0.15) is 10.4 Å². The van der Waals surface area contributed by atoms with Crippen LogP contribution in [-0.4, -0.2) is 26.7 Å². The van der Waals surface area contributed by atoms with Crippen LogP contribution < -0.4 is 0 Å².